The van der Waals surface area contributed by atoms with E-state index in [9.17, 15) is 8.42 Å². The van der Waals surface area contributed by atoms with Crippen LogP contribution in [-0.4, -0.2) is 40.8 Å². The number of hydrogen-bond acceptors (Lipinski definition) is 4. The van der Waals surface area contributed by atoms with Crippen LogP contribution in [0.3, 0.4) is 0 Å². The summed E-state index contributed by atoms with van der Waals surface area (Å²) in [4.78, 5) is 0.305. The lowest BCUT2D eigenvalue weighted by Gasteiger charge is -2.17. The van der Waals surface area contributed by atoms with Gasteiger partial charge in [-0.25, -0.2) is 13.1 Å². The predicted octanol–water partition coefficient (Wildman–Crippen LogP) is 1.68. The summed E-state index contributed by atoms with van der Waals surface area (Å²) in [6.07, 6.45) is 4.11. The molecule has 1 aliphatic rings. The summed E-state index contributed by atoms with van der Waals surface area (Å²) in [6, 6.07) is 6.92. The van der Waals surface area contributed by atoms with Gasteiger partial charge in [-0.2, -0.15) is 4.31 Å². The second-order valence-electron chi connectivity index (χ2n) is 4.62. The fraction of sp³-hybridized carbons (Fsp3) is 0.333. The standard InChI is InChI=1S/C12H13BrN4O2S/c13-11-3-1-2-4-12(11)20(18,19)16-7-5-10(9-16)17-8-6-14-15-17/h1-4,6,8,10H,5,7,9H2/t10-/m0/s1. The highest BCUT2D eigenvalue weighted by molar-refractivity contribution is 9.10. The summed E-state index contributed by atoms with van der Waals surface area (Å²) in [7, 11) is -3.47. The first-order chi connectivity index (χ1) is 9.59. The molecule has 1 aliphatic heterocycles. The molecule has 8 heteroatoms. The van der Waals surface area contributed by atoms with Crippen molar-refractivity contribution >= 4 is 26.0 Å². The summed E-state index contributed by atoms with van der Waals surface area (Å²) in [5.41, 5.74) is 0. The van der Waals surface area contributed by atoms with Crippen LogP contribution < -0.4 is 0 Å². The van der Waals surface area contributed by atoms with Crippen molar-refractivity contribution in [3.63, 3.8) is 0 Å². The van der Waals surface area contributed by atoms with E-state index < -0.39 is 10.0 Å². The second-order valence-corrected chi connectivity index (χ2v) is 7.38. The smallest absolute Gasteiger partial charge is 0.244 e. The Morgan fingerprint density at radius 2 is 2.10 bits per heavy atom. The predicted molar refractivity (Wildman–Crippen MR) is 76.6 cm³/mol. The van der Waals surface area contributed by atoms with Crippen LogP contribution in [0.1, 0.15) is 12.5 Å². The van der Waals surface area contributed by atoms with E-state index in [0.717, 1.165) is 6.42 Å². The lowest BCUT2D eigenvalue weighted by molar-refractivity contribution is 0.428. The minimum absolute atomic E-state index is 0.0507. The molecular formula is C12H13BrN4O2S. The first kappa shape index (κ1) is 13.7. The van der Waals surface area contributed by atoms with E-state index in [1.165, 1.54) is 4.31 Å². The van der Waals surface area contributed by atoms with Crippen molar-refractivity contribution in [1.82, 2.24) is 19.3 Å². The zero-order valence-corrected chi connectivity index (χ0v) is 13.0. The topological polar surface area (TPSA) is 68.1 Å². The van der Waals surface area contributed by atoms with E-state index in [2.05, 4.69) is 26.2 Å². The normalized spacial score (nSPS) is 20.4. The summed E-state index contributed by atoms with van der Waals surface area (Å²) < 4.78 is 29.0. The van der Waals surface area contributed by atoms with Crippen molar-refractivity contribution in [3.05, 3.63) is 41.1 Å². The molecule has 0 saturated carbocycles. The highest BCUT2D eigenvalue weighted by atomic mass is 79.9. The molecule has 1 aromatic carbocycles. The molecule has 0 bridgehead atoms. The van der Waals surface area contributed by atoms with E-state index in [1.54, 1.807) is 41.3 Å². The third-order valence-corrected chi connectivity index (χ3v) is 6.27. The molecule has 1 fully saturated rings. The van der Waals surface area contributed by atoms with Gasteiger partial charge < -0.3 is 0 Å². The summed E-state index contributed by atoms with van der Waals surface area (Å²) in [6.45, 7) is 0.918. The van der Waals surface area contributed by atoms with E-state index in [-0.39, 0.29) is 6.04 Å². The van der Waals surface area contributed by atoms with Gasteiger partial charge in [0.2, 0.25) is 10.0 Å². The number of hydrogen-bond donors (Lipinski definition) is 0. The van der Waals surface area contributed by atoms with Gasteiger partial charge in [0.25, 0.3) is 0 Å². The Hall–Kier alpha value is -1.25. The Bertz CT molecular complexity index is 702. The average Bonchev–Trinajstić information content (AvgIpc) is 3.10. The number of benzene rings is 1. The zero-order valence-electron chi connectivity index (χ0n) is 10.6. The monoisotopic (exact) mass is 356 g/mol. The maximum absolute atomic E-state index is 12.6. The summed E-state index contributed by atoms with van der Waals surface area (Å²) in [5, 5.41) is 7.70. The average molecular weight is 357 g/mol. The van der Waals surface area contributed by atoms with Gasteiger partial charge in [-0.05, 0) is 34.5 Å². The minimum Gasteiger partial charge on any atom is -0.248 e. The molecule has 1 aromatic heterocycles. The third-order valence-electron chi connectivity index (χ3n) is 3.40. The van der Waals surface area contributed by atoms with Crippen LogP contribution in [0, 0.1) is 0 Å². The molecule has 1 saturated heterocycles. The summed E-state index contributed by atoms with van der Waals surface area (Å²) >= 11 is 3.30. The van der Waals surface area contributed by atoms with Crippen LogP contribution in [0.4, 0.5) is 0 Å². The Kier molecular flexibility index (Phi) is 3.61. The molecule has 0 N–H and O–H groups in total. The van der Waals surface area contributed by atoms with Crippen molar-refractivity contribution in [1.29, 1.82) is 0 Å². The molecular weight excluding hydrogens is 344 g/mol. The van der Waals surface area contributed by atoms with Gasteiger partial charge >= 0.3 is 0 Å². The molecule has 6 nitrogen and oxygen atoms in total. The molecule has 0 spiro atoms. The Morgan fingerprint density at radius 1 is 1.30 bits per heavy atom. The Balaban J connectivity index is 1.85. The van der Waals surface area contributed by atoms with Crippen molar-refractivity contribution in [2.24, 2.45) is 0 Å². The van der Waals surface area contributed by atoms with Crippen molar-refractivity contribution in [3.8, 4) is 0 Å². The number of sulfonamides is 1. The van der Waals surface area contributed by atoms with Crippen LogP contribution in [-0.2, 0) is 10.0 Å². The molecule has 2 aromatic rings. The SMILES string of the molecule is O=S(=O)(c1ccccc1Br)N1CC[C@H](n2ccnn2)C1. The molecule has 3 rings (SSSR count). The Labute approximate surface area is 125 Å². The molecule has 20 heavy (non-hydrogen) atoms. The largest absolute Gasteiger partial charge is 0.248 e. The molecule has 0 unspecified atom stereocenters. The summed E-state index contributed by atoms with van der Waals surface area (Å²) in [5.74, 6) is 0. The highest BCUT2D eigenvalue weighted by Crippen LogP contribution is 2.30. The quantitative estimate of drug-likeness (QED) is 0.838. The van der Waals surface area contributed by atoms with Crippen molar-refractivity contribution in [2.45, 2.75) is 17.4 Å². The van der Waals surface area contributed by atoms with Crippen molar-refractivity contribution < 1.29 is 8.42 Å². The van der Waals surface area contributed by atoms with Crippen LogP contribution in [0.5, 0.6) is 0 Å². The Morgan fingerprint density at radius 3 is 2.80 bits per heavy atom. The van der Waals surface area contributed by atoms with Crippen LogP contribution in [0.25, 0.3) is 0 Å². The maximum atomic E-state index is 12.6. The number of halogens is 1. The first-order valence-corrected chi connectivity index (χ1v) is 8.43. The first-order valence-electron chi connectivity index (χ1n) is 6.19. The highest BCUT2D eigenvalue weighted by Gasteiger charge is 2.34. The van der Waals surface area contributed by atoms with Crippen molar-refractivity contribution in [2.75, 3.05) is 13.1 Å². The molecule has 0 amide bonds. The fourth-order valence-corrected chi connectivity index (χ4v) is 4.81. The van der Waals surface area contributed by atoms with Gasteiger partial charge in [0.15, 0.2) is 0 Å². The number of nitrogens with zero attached hydrogens (tertiary/aromatic N) is 4. The number of rotatable bonds is 3. The van der Waals surface area contributed by atoms with E-state index in [4.69, 9.17) is 0 Å². The van der Waals surface area contributed by atoms with Crippen LogP contribution in [0.2, 0.25) is 0 Å². The molecule has 0 aliphatic carbocycles. The third kappa shape index (κ3) is 2.38. The fourth-order valence-electron chi connectivity index (χ4n) is 2.35. The maximum Gasteiger partial charge on any atom is 0.244 e. The molecule has 1 atom stereocenters. The van der Waals surface area contributed by atoms with Gasteiger partial charge in [0.1, 0.15) is 0 Å². The van der Waals surface area contributed by atoms with E-state index in [0.29, 0.717) is 22.5 Å². The van der Waals surface area contributed by atoms with Gasteiger partial charge in [0, 0.05) is 23.8 Å². The van der Waals surface area contributed by atoms with Gasteiger partial charge in [-0.15, -0.1) is 5.10 Å². The van der Waals surface area contributed by atoms with Crippen LogP contribution in [0.15, 0.2) is 46.0 Å². The van der Waals surface area contributed by atoms with Gasteiger partial charge in [-0.3, -0.25) is 0 Å². The molecule has 106 valence electrons. The van der Waals surface area contributed by atoms with Gasteiger partial charge in [0.05, 0.1) is 17.1 Å². The zero-order chi connectivity index (χ0) is 14.2. The minimum atomic E-state index is -3.47. The van der Waals surface area contributed by atoms with Crippen LogP contribution >= 0.6 is 15.9 Å². The second kappa shape index (κ2) is 5.27. The lowest BCUT2D eigenvalue weighted by atomic mass is 10.3. The molecule has 2 heterocycles. The van der Waals surface area contributed by atoms with E-state index >= 15 is 0 Å². The lowest BCUT2D eigenvalue weighted by Crippen LogP contribution is -2.29. The van der Waals surface area contributed by atoms with E-state index in [1.807, 2.05) is 0 Å². The molecule has 0 radical (unpaired) electrons. The number of aromatic nitrogens is 3. The van der Waals surface area contributed by atoms with Gasteiger partial charge in [-0.1, -0.05) is 17.3 Å².